The highest BCUT2D eigenvalue weighted by Crippen LogP contribution is 2.31. The Morgan fingerprint density at radius 3 is 2.30 bits per heavy atom. The van der Waals surface area contributed by atoms with Gasteiger partial charge in [0.05, 0.1) is 25.4 Å². The van der Waals surface area contributed by atoms with Crippen molar-refractivity contribution >= 4 is 5.97 Å². The van der Waals surface area contributed by atoms with Gasteiger partial charge in [0.25, 0.3) is 0 Å². The second-order valence-corrected chi connectivity index (χ2v) is 7.14. The van der Waals surface area contributed by atoms with E-state index in [1.807, 2.05) is 0 Å². The zero-order valence-electron chi connectivity index (χ0n) is 15.6. The lowest BCUT2D eigenvalue weighted by Gasteiger charge is -2.42. The maximum absolute atomic E-state index is 11.0. The summed E-state index contributed by atoms with van der Waals surface area (Å²) in [5.41, 5.74) is -1.96. The topological polar surface area (TPSA) is 196 Å². The molecule has 3 rings (SSSR count). The van der Waals surface area contributed by atoms with Gasteiger partial charge in [-0.1, -0.05) is 0 Å². The van der Waals surface area contributed by atoms with E-state index in [-0.39, 0.29) is 11.3 Å². The van der Waals surface area contributed by atoms with Gasteiger partial charge in [0, 0.05) is 0 Å². The normalized spacial score (nSPS) is 39.1. The highest BCUT2D eigenvalue weighted by atomic mass is 16.8. The lowest BCUT2D eigenvalue weighted by atomic mass is 9.98. The smallest absolute Gasteiger partial charge is 0.335 e. The minimum atomic E-state index is -1.97. The maximum Gasteiger partial charge on any atom is 0.335 e. The molecule has 2 aliphatic heterocycles. The number of aromatic carboxylic acids is 1. The fourth-order valence-electron chi connectivity index (χ4n) is 3.17. The van der Waals surface area contributed by atoms with Gasteiger partial charge >= 0.3 is 5.97 Å². The van der Waals surface area contributed by atoms with Crippen molar-refractivity contribution in [1.82, 2.24) is 0 Å². The highest BCUT2D eigenvalue weighted by molar-refractivity contribution is 5.87. The van der Waals surface area contributed by atoms with Crippen molar-refractivity contribution in [3.63, 3.8) is 0 Å². The van der Waals surface area contributed by atoms with Gasteiger partial charge in [-0.3, -0.25) is 0 Å². The van der Waals surface area contributed by atoms with Crippen molar-refractivity contribution in [3.05, 3.63) is 29.8 Å². The molecule has 0 spiro atoms. The molecule has 8 atom stereocenters. The molecule has 2 saturated heterocycles. The Morgan fingerprint density at radius 1 is 1.10 bits per heavy atom. The molecule has 0 unspecified atom stereocenters. The van der Waals surface area contributed by atoms with Crippen LogP contribution in [0.5, 0.6) is 5.75 Å². The van der Waals surface area contributed by atoms with Gasteiger partial charge in [-0.15, -0.1) is 0 Å². The fraction of sp³-hybridized carbons (Fsp3) is 0.611. The summed E-state index contributed by atoms with van der Waals surface area (Å²) in [6, 6.07) is 5.22. The Morgan fingerprint density at radius 2 is 1.77 bits per heavy atom. The zero-order chi connectivity index (χ0) is 22.1. The Bertz CT molecular complexity index is 726. The van der Waals surface area contributed by atoms with Crippen molar-refractivity contribution in [3.8, 4) is 5.75 Å². The van der Waals surface area contributed by atoms with Crippen LogP contribution in [-0.4, -0.2) is 110 Å². The van der Waals surface area contributed by atoms with Gasteiger partial charge in [-0.25, -0.2) is 4.79 Å². The molecule has 2 aliphatic rings. The van der Waals surface area contributed by atoms with Gasteiger partial charge < -0.3 is 54.7 Å². The van der Waals surface area contributed by atoms with Crippen LogP contribution in [0.1, 0.15) is 10.4 Å². The maximum atomic E-state index is 11.0. The third kappa shape index (κ3) is 4.42. The second-order valence-electron chi connectivity index (χ2n) is 7.14. The average molecular weight is 432 g/mol. The summed E-state index contributed by atoms with van der Waals surface area (Å²) < 4.78 is 21.7. The number of aliphatic hydroxyl groups excluding tert-OH is 5. The van der Waals surface area contributed by atoms with Crippen molar-refractivity contribution in [2.45, 2.75) is 48.7 Å². The van der Waals surface area contributed by atoms with Crippen molar-refractivity contribution in [1.29, 1.82) is 0 Å². The molecule has 12 heteroatoms. The van der Waals surface area contributed by atoms with Gasteiger partial charge in [0.15, 0.2) is 12.4 Å². The molecule has 30 heavy (non-hydrogen) atoms. The SMILES string of the molecule is O=C(O)c1ccc(O[C@@H]2O[C@H](CO)[C@@H](O)[C@H](O)[C@H]2O[C@@H]2OC[C@](O)(CO)[C@H]2O)cc1. The molecule has 0 aromatic heterocycles. The zero-order valence-corrected chi connectivity index (χ0v) is 15.6. The van der Waals surface area contributed by atoms with Crippen LogP contribution in [0, 0.1) is 0 Å². The summed E-state index contributed by atoms with van der Waals surface area (Å²) in [7, 11) is 0. The number of carboxylic acid groups (broad SMARTS) is 1. The predicted octanol–water partition coefficient (Wildman–Crippen LogP) is -2.97. The number of rotatable bonds is 7. The minimum absolute atomic E-state index is 0.00849. The van der Waals surface area contributed by atoms with Crippen LogP contribution in [0.4, 0.5) is 0 Å². The average Bonchev–Trinajstić information content (AvgIpc) is 3.02. The van der Waals surface area contributed by atoms with E-state index in [1.165, 1.54) is 24.3 Å². The molecule has 2 heterocycles. The van der Waals surface area contributed by atoms with Gasteiger partial charge in [0.2, 0.25) is 6.29 Å². The summed E-state index contributed by atoms with van der Waals surface area (Å²) in [4.78, 5) is 11.0. The van der Waals surface area contributed by atoms with Gasteiger partial charge in [-0.05, 0) is 24.3 Å². The first kappa shape index (κ1) is 22.8. The Balaban J connectivity index is 1.79. The first-order valence-corrected chi connectivity index (χ1v) is 9.11. The van der Waals surface area contributed by atoms with Crippen LogP contribution in [0.25, 0.3) is 0 Å². The molecular weight excluding hydrogens is 408 g/mol. The molecule has 1 aromatic carbocycles. The summed E-state index contributed by atoms with van der Waals surface area (Å²) in [5, 5.41) is 68.5. The van der Waals surface area contributed by atoms with Crippen LogP contribution < -0.4 is 4.74 Å². The monoisotopic (exact) mass is 432 g/mol. The van der Waals surface area contributed by atoms with Crippen LogP contribution in [0.2, 0.25) is 0 Å². The quantitative estimate of drug-likeness (QED) is 0.231. The molecule has 168 valence electrons. The second kappa shape index (κ2) is 9.09. The molecule has 0 aliphatic carbocycles. The van der Waals surface area contributed by atoms with Crippen molar-refractivity contribution < 1.29 is 59.5 Å². The number of aliphatic hydroxyl groups is 6. The first-order valence-electron chi connectivity index (χ1n) is 9.11. The van der Waals surface area contributed by atoms with Gasteiger partial charge in [0.1, 0.15) is 35.8 Å². The number of ether oxygens (including phenoxy) is 4. The standard InChI is InChI=1S/C18H24O12/c19-5-10-11(21)12(22)13(30-17-14(23)18(26,6-20)7-27-17)16(29-10)28-9-3-1-8(2-4-9)15(24)25/h1-4,10-14,16-17,19-23,26H,5-7H2,(H,24,25)/t10-,11-,12+,13-,14+,16-,17+,18-/m1/s1. The molecular formula is C18H24O12. The fourth-order valence-corrected chi connectivity index (χ4v) is 3.17. The molecule has 0 amide bonds. The van der Waals surface area contributed by atoms with E-state index in [1.54, 1.807) is 0 Å². The van der Waals surface area contributed by atoms with Crippen molar-refractivity contribution in [2.75, 3.05) is 19.8 Å². The van der Waals surface area contributed by atoms with Crippen LogP contribution in [0.3, 0.4) is 0 Å². The highest BCUT2D eigenvalue weighted by Gasteiger charge is 2.53. The molecule has 1 aromatic rings. The molecule has 0 saturated carbocycles. The Kier molecular flexibility index (Phi) is 6.91. The van der Waals surface area contributed by atoms with E-state index in [0.29, 0.717) is 0 Å². The Labute approximate surface area is 170 Å². The van der Waals surface area contributed by atoms with Crippen LogP contribution >= 0.6 is 0 Å². The van der Waals surface area contributed by atoms with Crippen LogP contribution in [0.15, 0.2) is 24.3 Å². The summed E-state index contributed by atoms with van der Waals surface area (Å²) in [6.07, 6.45) is -10.4. The third-order valence-corrected chi connectivity index (χ3v) is 5.05. The number of hydrogen-bond donors (Lipinski definition) is 7. The summed E-state index contributed by atoms with van der Waals surface area (Å²) in [5.74, 6) is -1.00. The first-order chi connectivity index (χ1) is 14.2. The van der Waals surface area contributed by atoms with E-state index < -0.39 is 74.5 Å². The lowest BCUT2D eigenvalue weighted by Crippen LogP contribution is -2.62. The number of benzene rings is 1. The largest absolute Gasteiger partial charge is 0.478 e. The van der Waals surface area contributed by atoms with E-state index >= 15 is 0 Å². The summed E-state index contributed by atoms with van der Waals surface area (Å²) in [6.45, 7) is -1.89. The van der Waals surface area contributed by atoms with Crippen molar-refractivity contribution in [2.24, 2.45) is 0 Å². The van der Waals surface area contributed by atoms with Gasteiger partial charge in [-0.2, -0.15) is 0 Å². The predicted molar refractivity (Wildman–Crippen MR) is 94.4 cm³/mol. The third-order valence-electron chi connectivity index (χ3n) is 5.05. The molecule has 7 N–H and O–H groups in total. The van der Waals surface area contributed by atoms with E-state index in [0.717, 1.165) is 0 Å². The number of carbonyl (C=O) groups is 1. The van der Waals surface area contributed by atoms with Crippen LogP contribution in [-0.2, 0) is 14.2 Å². The minimum Gasteiger partial charge on any atom is -0.478 e. The van der Waals surface area contributed by atoms with E-state index in [4.69, 9.17) is 24.1 Å². The number of carboxylic acids is 1. The lowest BCUT2D eigenvalue weighted by molar-refractivity contribution is -0.318. The number of hydrogen-bond acceptors (Lipinski definition) is 11. The molecule has 0 bridgehead atoms. The Hall–Kier alpha value is -1.87. The molecule has 2 fully saturated rings. The summed E-state index contributed by atoms with van der Waals surface area (Å²) >= 11 is 0. The van der Waals surface area contributed by atoms with E-state index in [2.05, 4.69) is 0 Å². The molecule has 0 radical (unpaired) electrons. The van der Waals surface area contributed by atoms with E-state index in [9.17, 15) is 35.4 Å². The molecule has 12 nitrogen and oxygen atoms in total.